The number of benzene rings is 2. The second-order valence-corrected chi connectivity index (χ2v) is 4.87. The molecule has 2 rings (SSSR count). The van der Waals surface area contributed by atoms with Gasteiger partial charge in [0.25, 0.3) is 5.91 Å². The van der Waals surface area contributed by atoms with Gasteiger partial charge < -0.3 is 10.6 Å². The van der Waals surface area contributed by atoms with Crippen LogP contribution in [0, 0.1) is 5.82 Å². The molecular formula is C17H19FN2O. The molecule has 2 aromatic carbocycles. The van der Waals surface area contributed by atoms with E-state index in [9.17, 15) is 9.18 Å². The van der Waals surface area contributed by atoms with Crippen LogP contribution in [0.4, 0.5) is 10.1 Å². The van der Waals surface area contributed by atoms with Crippen molar-refractivity contribution in [2.24, 2.45) is 0 Å². The van der Waals surface area contributed by atoms with Crippen molar-refractivity contribution in [2.75, 3.05) is 11.9 Å². The molecule has 0 saturated carbocycles. The fraction of sp³-hybridized carbons (Fsp3) is 0.235. The van der Waals surface area contributed by atoms with Gasteiger partial charge >= 0.3 is 0 Å². The normalized spacial score (nSPS) is 12.0. The molecule has 0 aliphatic rings. The number of anilines is 1. The molecule has 1 unspecified atom stereocenters. The molecule has 0 radical (unpaired) electrons. The van der Waals surface area contributed by atoms with Crippen molar-refractivity contribution in [1.82, 2.24) is 5.32 Å². The highest BCUT2D eigenvalue weighted by atomic mass is 19.1. The summed E-state index contributed by atoms with van der Waals surface area (Å²) < 4.78 is 13.1. The lowest BCUT2D eigenvalue weighted by Crippen LogP contribution is -2.18. The van der Waals surface area contributed by atoms with Crippen LogP contribution in [-0.4, -0.2) is 12.5 Å². The fourth-order valence-electron chi connectivity index (χ4n) is 2.14. The topological polar surface area (TPSA) is 41.1 Å². The average Bonchev–Trinajstić information content (AvgIpc) is 2.48. The second kappa shape index (κ2) is 6.99. The fourth-order valence-corrected chi connectivity index (χ4v) is 2.14. The molecule has 0 aromatic heterocycles. The average molecular weight is 286 g/mol. The summed E-state index contributed by atoms with van der Waals surface area (Å²) >= 11 is 0. The van der Waals surface area contributed by atoms with Crippen molar-refractivity contribution in [2.45, 2.75) is 19.9 Å². The van der Waals surface area contributed by atoms with Crippen LogP contribution in [0.2, 0.25) is 0 Å². The Labute approximate surface area is 124 Å². The molecule has 3 nitrogen and oxygen atoms in total. The molecule has 0 heterocycles. The Hall–Kier alpha value is -2.20. The second-order valence-electron chi connectivity index (χ2n) is 4.87. The smallest absolute Gasteiger partial charge is 0.255 e. The molecule has 2 aromatic rings. The summed E-state index contributed by atoms with van der Waals surface area (Å²) in [5.41, 5.74) is 2.10. The lowest BCUT2D eigenvalue weighted by Gasteiger charge is -2.14. The third-order valence-electron chi connectivity index (χ3n) is 3.24. The van der Waals surface area contributed by atoms with E-state index in [1.54, 1.807) is 6.07 Å². The van der Waals surface area contributed by atoms with E-state index in [1.807, 2.05) is 31.2 Å². The van der Waals surface area contributed by atoms with Crippen molar-refractivity contribution >= 4 is 11.6 Å². The Morgan fingerprint density at radius 3 is 2.67 bits per heavy atom. The summed E-state index contributed by atoms with van der Waals surface area (Å²) in [6.07, 6.45) is 0. The van der Waals surface area contributed by atoms with Gasteiger partial charge in [-0.1, -0.05) is 25.1 Å². The molecule has 0 bridgehead atoms. The number of halogens is 1. The maximum absolute atomic E-state index is 13.1. The Kier molecular flexibility index (Phi) is 5.06. The van der Waals surface area contributed by atoms with E-state index in [0.29, 0.717) is 11.3 Å². The minimum Gasteiger partial charge on any atom is -0.322 e. The van der Waals surface area contributed by atoms with E-state index < -0.39 is 5.82 Å². The standard InChI is InChI=1S/C17H19FN2O/c1-3-19-12(2)13-6-5-9-16(11-13)20-17(21)14-7-4-8-15(18)10-14/h4-12,19H,3H2,1-2H3,(H,20,21). The van der Waals surface area contributed by atoms with Crippen molar-refractivity contribution in [1.29, 1.82) is 0 Å². The predicted molar refractivity (Wildman–Crippen MR) is 82.9 cm³/mol. The summed E-state index contributed by atoms with van der Waals surface area (Å²) in [7, 11) is 0. The first-order valence-corrected chi connectivity index (χ1v) is 7.00. The van der Waals surface area contributed by atoms with Gasteiger partial charge in [-0.3, -0.25) is 4.79 Å². The van der Waals surface area contributed by atoms with Crippen LogP contribution < -0.4 is 10.6 Å². The first-order chi connectivity index (χ1) is 10.1. The summed E-state index contributed by atoms with van der Waals surface area (Å²) in [6, 6.07) is 13.5. The van der Waals surface area contributed by atoms with Crippen molar-refractivity contribution in [3.63, 3.8) is 0 Å². The largest absolute Gasteiger partial charge is 0.322 e. The van der Waals surface area contributed by atoms with Gasteiger partial charge in [0.2, 0.25) is 0 Å². The number of carbonyl (C=O) groups excluding carboxylic acids is 1. The molecule has 0 saturated heterocycles. The number of hydrogen-bond donors (Lipinski definition) is 2. The molecule has 21 heavy (non-hydrogen) atoms. The minimum absolute atomic E-state index is 0.209. The van der Waals surface area contributed by atoms with E-state index in [-0.39, 0.29) is 11.9 Å². The van der Waals surface area contributed by atoms with E-state index in [4.69, 9.17) is 0 Å². The molecule has 0 aliphatic carbocycles. The summed E-state index contributed by atoms with van der Waals surface area (Å²) in [6.45, 7) is 4.99. The molecule has 2 N–H and O–H groups in total. The zero-order valence-electron chi connectivity index (χ0n) is 12.2. The van der Waals surface area contributed by atoms with E-state index in [2.05, 4.69) is 17.6 Å². The molecule has 0 fully saturated rings. The highest BCUT2D eigenvalue weighted by Crippen LogP contribution is 2.18. The van der Waals surface area contributed by atoms with Gasteiger partial charge in [-0.15, -0.1) is 0 Å². The summed E-state index contributed by atoms with van der Waals surface area (Å²) in [4.78, 5) is 12.1. The highest BCUT2D eigenvalue weighted by molar-refractivity contribution is 6.04. The Morgan fingerprint density at radius 1 is 1.19 bits per heavy atom. The zero-order chi connectivity index (χ0) is 15.2. The minimum atomic E-state index is -0.419. The molecule has 1 amide bonds. The lowest BCUT2D eigenvalue weighted by molar-refractivity contribution is 0.102. The van der Waals surface area contributed by atoms with Crippen molar-refractivity contribution in [3.8, 4) is 0 Å². The SMILES string of the molecule is CCNC(C)c1cccc(NC(=O)c2cccc(F)c2)c1. The molecule has 1 atom stereocenters. The van der Waals surface area contributed by atoms with Crippen LogP contribution in [0.5, 0.6) is 0 Å². The number of nitrogens with one attached hydrogen (secondary N) is 2. The Balaban J connectivity index is 2.12. The monoisotopic (exact) mass is 286 g/mol. The first-order valence-electron chi connectivity index (χ1n) is 7.00. The third kappa shape index (κ3) is 4.13. The van der Waals surface area contributed by atoms with Crippen LogP contribution in [-0.2, 0) is 0 Å². The lowest BCUT2D eigenvalue weighted by atomic mass is 10.1. The van der Waals surface area contributed by atoms with Crippen LogP contribution in [0.3, 0.4) is 0 Å². The van der Waals surface area contributed by atoms with Gasteiger partial charge in [0.15, 0.2) is 0 Å². The summed E-state index contributed by atoms with van der Waals surface area (Å²) in [5, 5.41) is 6.11. The molecular weight excluding hydrogens is 267 g/mol. The van der Waals surface area contributed by atoms with Gasteiger partial charge in [-0.25, -0.2) is 4.39 Å². The molecule has 0 aliphatic heterocycles. The predicted octanol–water partition coefficient (Wildman–Crippen LogP) is 3.75. The van der Waals surface area contributed by atoms with Gasteiger partial charge in [-0.05, 0) is 49.4 Å². The highest BCUT2D eigenvalue weighted by Gasteiger charge is 2.09. The summed E-state index contributed by atoms with van der Waals surface area (Å²) in [5.74, 6) is -0.736. The van der Waals surface area contributed by atoms with E-state index >= 15 is 0 Å². The van der Waals surface area contributed by atoms with Gasteiger partial charge in [0.1, 0.15) is 5.82 Å². The molecule has 110 valence electrons. The van der Waals surface area contributed by atoms with Gasteiger partial charge in [0.05, 0.1) is 0 Å². The number of amides is 1. The maximum atomic E-state index is 13.1. The first kappa shape index (κ1) is 15.2. The zero-order valence-corrected chi connectivity index (χ0v) is 12.2. The number of rotatable bonds is 5. The van der Waals surface area contributed by atoms with E-state index in [0.717, 1.165) is 12.1 Å². The maximum Gasteiger partial charge on any atom is 0.255 e. The van der Waals surface area contributed by atoms with Crippen molar-refractivity contribution in [3.05, 3.63) is 65.5 Å². The third-order valence-corrected chi connectivity index (χ3v) is 3.24. The van der Waals surface area contributed by atoms with Crippen LogP contribution >= 0.6 is 0 Å². The molecule has 4 heteroatoms. The van der Waals surface area contributed by atoms with Crippen molar-refractivity contribution < 1.29 is 9.18 Å². The van der Waals surface area contributed by atoms with E-state index in [1.165, 1.54) is 18.2 Å². The van der Waals surface area contributed by atoms with Crippen LogP contribution in [0.1, 0.15) is 35.8 Å². The number of carbonyl (C=O) groups is 1. The Bertz CT molecular complexity index is 628. The molecule has 0 spiro atoms. The van der Waals surface area contributed by atoms with Crippen LogP contribution in [0.25, 0.3) is 0 Å². The van der Waals surface area contributed by atoms with Gasteiger partial charge in [0, 0.05) is 17.3 Å². The van der Waals surface area contributed by atoms with Crippen LogP contribution in [0.15, 0.2) is 48.5 Å². The quantitative estimate of drug-likeness (QED) is 0.879. The Morgan fingerprint density at radius 2 is 1.95 bits per heavy atom. The number of hydrogen-bond acceptors (Lipinski definition) is 2. The van der Waals surface area contributed by atoms with Gasteiger partial charge in [-0.2, -0.15) is 0 Å².